The topological polar surface area (TPSA) is 57.0 Å². The summed E-state index contributed by atoms with van der Waals surface area (Å²) in [6, 6.07) is 14.1. The molecule has 5 heteroatoms. The molecule has 1 aliphatic heterocycles. The second-order valence-corrected chi connectivity index (χ2v) is 8.71. The van der Waals surface area contributed by atoms with Crippen LogP contribution in [0.15, 0.2) is 53.5 Å². The van der Waals surface area contributed by atoms with E-state index in [0.29, 0.717) is 11.4 Å². The molecule has 0 aliphatic carbocycles. The van der Waals surface area contributed by atoms with Gasteiger partial charge in [0.25, 0.3) is 5.56 Å². The molecular formula is C24H27N3O2. The second-order valence-electron chi connectivity index (χ2n) is 8.71. The highest BCUT2D eigenvalue weighted by Gasteiger charge is 2.47. The zero-order valence-corrected chi connectivity index (χ0v) is 17.9. The molecule has 4 rings (SSSR count). The summed E-state index contributed by atoms with van der Waals surface area (Å²) in [5.41, 5.74) is 2.96. The summed E-state index contributed by atoms with van der Waals surface area (Å²) in [4.78, 5) is 22.3. The molecule has 0 amide bonds. The minimum atomic E-state index is -0.672. The predicted molar refractivity (Wildman–Crippen MR) is 114 cm³/mol. The molecule has 29 heavy (non-hydrogen) atoms. The van der Waals surface area contributed by atoms with Gasteiger partial charge in [0, 0.05) is 24.7 Å². The maximum absolute atomic E-state index is 13.1. The van der Waals surface area contributed by atoms with Crippen LogP contribution in [0.3, 0.4) is 0 Å². The number of ether oxygens (including phenoxy) is 1. The Labute approximate surface area is 171 Å². The van der Waals surface area contributed by atoms with Gasteiger partial charge in [0.1, 0.15) is 11.4 Å². The highest BCUT2D eigenvalue weighted by Crippen LogP contribution is 2.45. The van der Waals surface area contributed by atoms with E-state index in [1.807, 2.05) is 69.6 Å². The molecule has 0 N–H and O–H groups in total. The number of pyridine rings is 1. The number of hydrogen-bond donors (Lipinski definition) is 0. The van der Waals surface area contributed by atoms with Gasteiger partial charge in [-0.05, 0) is 45.4 Å². The predicted octanol–water partition coefficient (Wildman–Crippen LogP) is 4.49. The van der Waals surface area contributed by atoms with Crippen LogP contribution >= 0.6 is 0 Å². The zero-order chi connectivity index (χ0) is 21.0. The van der Waals surface area contributed by atoms with E-state index >= 15 is 0 Å². The van der Waals surface area contributed by atoms with Gasteiger partial charge in [-0.2, -0.15) is 4.98 Å². The van der Waals surface area contributed by atoms with E-state index in [2.05, 4.69) is 29.0 Å². The van der Waals surface area contributed by atoms with Crippen LogP contribution in [0, 0.1) is 0 Å². The molecule has 3 heterocycles. The average Bonchev–Trinajstić information content (AvgIpc) is 2.89. The lowest BCUT2D eigenvalue weighted by atomic mass is 9.92. The average molecular weight is 389 g/mol. The van der Waals surface area contributed by atoms with Crippen molar-refractivity contribution in [1.82, 2.24) is 14.5 Å². The van der Waals surface area contributed by atoms with Crippen LogP contribution in [0.4, 0.5) is 0 Å². The summed E-state index contributed by atoms with van der Waals surface area (Å²) in [6.45, 7) is 9.98. The summed E-state index contributed by atoms with van der Waals surface area (Å²) in [7, 11) is 1.96. The number of nitrogens with zero attached hydrogens (tertiary/aromatic N) is 3. The van der Waals surface area contributed by atoms with Crippen LogP contribution in [-0.2, 0) is 23.0 Å². The number of fused-ring (bicyclic) bond motifs is 1. The largest absolute Gasteiger partial charge is 0.358 e. The molecular weight excluding hydrogens is 362 g/mol. The van der Waals surface area contributed by atoms with E-state index < -0.39 is 11.2 Å². The Morgan fingerprint density at radius 1 is 1.00 bits per heavy atom. The van der Waals surface area contributed by atoms with Crippen LogP contribution in [0.25, 0.3) is 11.4 Å². The van der Waals surface area contributed by atoms with Crippen molar-refractivity contribution in [3.8, 4) is 11.4 Å². The molecule has 3 aromatic rings. The molecule has 1 aliphatic rings. The first kappa shape index (κ1) is 19.5. The van der Waals surface area contributed by atoms with Crippen LogP contribution in [0.5, 0.6) is 0 Å². The van der Waals surface area contributed by atoms with Gasteiger partial charge in [-0.25, -0.2) is 0 Å². The second kappa shape index (κ2) is 6.63. The number of hydrogen-bond acceptors (Lipinski definition) is 4. The van der Waals surface area contributed by atoms with Crippen molar-refractivity contribution in [3.05, 3.63) is 81.5 Å². The first-order valence-electron chi connectivity index (χ1n) is 9.96. The molecule has 1 unspecified atom stereocenters. The van der Waals surface area contributed by atoms with Crippen molar-refractivity contribution in [2.45, 2.75) is 51.7 Å². The van der Waals surface area contributed by atoms with Gasteiger partial charge in [0.15, 0.2) is 0 Å². The van der Waals surface area contributed by atoms with Crippen molar-refractivity contribution in [3.63, 3.8) is 0 Å². The summed E-state index contributed by atoms with van der Waals surface area (Å²) in [5.74, 6) is 0.687. The molecule has 1 aromatic carbocycles. The van der Waals surface area contributed by atoms with Gasteiger partial charge in [0.2, 0.25) is 0 Å². The molecule has 150 valence electrons. The van der Waals surface area contributed by atoms with Crippen LogP contribution < -0.4 is 5.56 Å². The third-order valence-electron chi connectivity index (χ3n) is 5.78. The third-order valence-corrected chi connectivity index (χ3v) is 5.78. The van der Waals surface area contributed by atoms with E-state index in [9.17, 15) is 4.79 Å². The van der Waals surface area contributed by atoms with Crippen LogP contribution in [0.1, 0.15) is 63.1 Å². The Balaban J connectivity index is 1.95. The molecule has 0 saturated carbocycles. The summed E-state index contributed by atoms with van der Waals surface area (Å²) < 4.78 is 8.23. The minimum Gasteiger partial charge on any atom is -0.358 e. The van der Waals surface area contributed by atoms with E-state index in [-0.39, 0.29) is 11.5 Å². The lowest BCUT2D eigenvalue weighted by Gasteiger charge is -2.25. The molecule has 0 saturated heterocycles. The Hall–Kier alpha value is -2.79. The summed E-state index contributed by atoms with van der Waals surface area (Å²) in [5, 5.41) is 0. The Morgan fingerprint density at radius 2 is 1.69 bits per heavy atom. The van der Waals surface area contributed by atoms with Crippen molar-refractivity contribution >= 4 is 0 Å². The molecule has 0 bridgehead atoms. The smallest absolute Gasteiger partial charge is 0.279 e. The molecule has 5 nitrogen and oxygen atoms in total. The van der Waals surface area contributed by atoms with Gasteiger partial charge < -0.3 is 9.30 Å². The summed E-state index contributed by atoms with van der Waals surface area (Å²) >= 11 is 0. The van der Waals surface area contributed by atoms with Crippen molar-refractivity contribution in [2.24, 2.45) is 7.05 Å². The monoisotopic (exact) mass is 389 g/mol. The zero-order valence-electron chi connectivity index (χ0n) is 17.9. The van der Waals surface area contributed by atoms with Crippen LogP contribution in [0.2, 0.25) is 0 Å². The van der Waals surface area contributed by atoms with E-state index in [4.69, 9.17) is 4.74 Å². The lowest BCUT2D eigenvalue weighted by molar-refractivity contribution is -0.107. The normalized spacial score (nSPS) is 17.7. The first-order valence-corrected chi connectivity index (χ1v) is 9.96. The Bertz CT molecular complexity index is 1130. The highest BCUT2D eigenvalue weighted by atomic mass is 16.5. The molecule has 0 spiro atoms. The van der Waals surface area contributed by atoms with Gasteiger partial charge in [-0.1, -0.05) is 37.3 Å². The van der Waals surface area contributed by atoms with Gasteiger partial charge in [0.05, 0.1) is 22.6 Å². The van der Waals surface area contributed by atoms with E-state index in [1.54, 1.807) is 6.20 Å². The quantitative estimate of drug-likeness (QED) is 0.662. The van der Waals surface area contributed by atoms with Crippen LogP contribution in [-0.4, -0.2) is 14.5 Å². The van der Waals surface area contributed by atoms with Gasteiger partial charge in [-0.15, -0.1) is 0 Å². The molecule has 0 fully saturated rings. The molecule has 1 atom stereocenters. The highest BCUT2D eigenvalue weighted by molar-refractivity contribution is 5.61. The molecule has 0 radical (unpaired) electrons. The van der Waals surface area contributed by atoms with Gasteiger partial charge in [-0.3, -0.25) is 9.78 Å². The van der Waals surface area contributed by atoms with Crippen molar-refractivity contribution < 1.29 is 4.74 Å². The summed E-state index contributed by atoms with van der Waals surface area (Å²) in [6.07, 6.45) is 1.79. The number of benzene rings is 1. The minimum absolute atomic E-state index is 0.0678. The van der Waals surface area contributed by atoms with Gasteiger partial charge >= 0.3 is 0 Å². The van der Waals surface area contributed by atoms with E-state index in [0.717, 1.165) is 17.0 Å². The fourth-order valence-electron chi connectivity index (χ4n) is 4.68. The SMILES string of the molecule is CC(c1ccccc1)c1ncccc1-c1nc(=O)c2c(n1C)C(C)(C)OC2(C)C. The third kappa shape index (κ3) is 3.10. The fraction of sp³-hybridized carbons (Fsp3) is 0.375. The Morgan fingerprint density at radius 3 is 2.38 bits per heavy atom. The fourth-order valence-corrected chi connectivity index (χ4v) is 4.68. The first-order chi connectivity index (χ1) is 13.6. The molecule has 2 aromatic heterocycles. The van der Waals surface area contributed by atoms with Crippen molar-refractivity contribution in [2.75, 3.05) is 0 Å². The standard InChI is InChI=1S/C24H27N3O2/c1-15(16-11-8-7-9-12-16)19-17(13-10-14-25-19)21-26-22(28)18-20(27(21)6)24(4,5)29-23(18,2)3/h7-15H,1-6H3. The number of rotatable bonds is 3. The van der Waals surface area contributed by atoms with Crippen molar-refractivity contribution in [1.29, 1.82) is 0 Å². The Kier molecular flexibility index (Phi) is 4.46. The van der Waals surface area contributed by atoms with E-state index in [1.165, 1.54) is 5.56 Å². The number of aromatic nitrogens is 3. The maximum atomic E-state index is 13.1. The lowest BCUT2D eigenvalue weighted by Crippen LogP contribution is -2.28. The maximum Gasteiger partial charge on any atom is 0.279 e.